The van der Waals surface area contributed by atoms with Gasteiger partial charge in [0.15, 0.2) is 5.65 Å². The van der Waals surface area contributed by atoms with Crippen molar-refractivity contribution in [3.8, 4) is 0 Å². The van der Waals surface area contributed by atoms with Crippen molar-refractivity contribution < 1.29 is 0 Å². The van der Waals surface area contributed by atoms with Gasteiger partial charge in [-0.1, -0.05) is 6.07 Å². The van der Waals surface area contributed by atoms with Crippen LogP contribution in [-0.2, 0) is 13.1 Å². The molecule has 0 bridgehead atoms. The molecule has 0 aliphatic rings. The number of fused-ring (bicyclic) bond motifs is 1. The molecule has 0 aromatic carbocycles. The lowest BCUT2D eigenvalue weighted by atomic mass is 10.4. The maximum atomic E-state index is 12.0. The first kappa shape index (κ1) is 10.8. The molecule has 6 nitrogen and oxygen atoms in total. The van der Waals surface area contributed by atoms with Crippen LogP contribution >= 0.6 is 0 Å². The van der Waals surface area contributed by atoms with Crippen LogP contribution in [0.25, 0.3) is 5.65 Å². The lowest BCUT2D eigenvalue weighted by molar-refractivity contribution is 0.515. The third-order valence-corrected chi connectivity index (χ3v) is 2.83. The van der Waals surface area contributed by atoms with Gasteiger partial charge in [-0.25, -0.2) is 14.5 Å². The van der Waals surface area contributed by atoms with Crippen molar-refractivity contribution in [2.75, 3.05) is 0 Å². The lowest BCUT2D eigenvalue weighted by Gasteiger charge is -2.00. The summed E-state index contributed by atoms with van der Waals surface area (Å²) >= 11 is 0. The average molecular weight is 243 g/mol. The van der Waals surface area contributed by atoms with Crippen molar-refractivity contribution in [1.29, 1.82) is 0 Å². The van der Waals surface area contributed by atoms with E-state index in [0.29, 0.717) is 12.2 Å². The molecular weight excluding hydrogens is 230 g/mol. The van der Waals surface area contributed by atoms with Crippen LogP contribution in [0.3, 0.4) is 0 Å². The first-order valence-electron chi connectivity index (χ1n) is 5.84. The Morgan fingerprint density at radius 1 is 1.17 bits per heavy atom. The molecule has 0 saturated carbocycles. The minimum Gasteiger partial charge on any atom is -0.337 e. The smallest absolute Gasteiger partial charge is 0.337 e. The molecule has 0 fully saturated rings. The summed E-state index contributed by atoms with van der Waals surface area (Å²) in [6, 6.07) is 5.53. The summed E-state index contributed by atoms with van der Waals surface area (Å²) in [5.41, 5.74) is 0.598. The van der Waals surface area contributed by atoms with Crippen molar-refractivity contribution in [2.45, 2.75) is 19.5 Å². The number of imidazole rings is 1. The topological polar surface area (TPSA) is 57.1 Å². The van der Waals surface area contributed by atoms with Gasteiger partial charge in [0.2, 0.25) is 0 Å². The van der Waals surface area contributed by atoms with Gasteiger partial charge in [-0.3, -0.25) is 4.40 Å². The fraction of sp³-hybridized carbons (Fsp3) is 0.250. The Morgan fingerprint density at radius 3 is 2.89 bits per heavy atom. The third-order valence-electron chi connectivity index (χ3n) is 2.83. The molecule has 3 aromatic heterocycles. The Bertz CT molecular complexity index is 695. The number of hydrogen-bond donors (Lipinski definition) is 0. The van der Waals surface area contributed by atoms with Gasteiger partial charge >= 0.3 is 5.69 Å². The monoisotopic (exact) mass is 243 g/mol. The van der Waals surface area contributed by atoms with E-state index in [9.17, 15) is 4.79 Å². The highest BCUT2D eigenvalue weighted by molar-refractivity contribution is 5.35. The zero-order valence-corrected chi connectivity index (χ0v) is 9.81. The molecule has 0 spiro atoms. The van der Waals surface area contributed by atoms with Crippen molar-refractivity contribution in [3.05, 3.63) is 53.6 Å². The van der Waals surface area contributed by atoms with Gasteiger partial charge in [0.1, 0.15) is 0 Å². The van der Waals surface area contributed by atoms with Gasteiger partial charge < -0.3 is 4.57 Å². The van der Waals surface area contributed by atoms with Gasteiger partial charge in [0.05, 0.1) is 6.33 Å². The third kappa shape index (κ3) is 1.92. The molecule has 0 N–H and O–H groups in total. The normalized spacial score (nSPS) is 11.1. The maximum absolute atomic E-state index is 12.0. The highest BCUT2D eigenvalue weighted by Crippen LogP contribution is 1.97. The number of rotatable bonds is 4. The SMILES string of the molecule is O=c1n(CCCn2ccnc2)nc2ccccn12. The summed E-state index contributed by atoms with van der Waals surface area (Å²) in [5, 5.41) is 4.27. The molecular formula is C12H13N5O. The number of nitrogens with zero attached hydrogens (tertiary/aromatic N) is 5. The van der Waals surface area contributed by atoms with Crippen LogP contribution in [0, 0.1) is 0 Å². The minimum atomic E-state index is -0.0868. The molecule has 3 aromatic rings. The second-order valence-corrected chi connectivity index (χ2v) is 4.09. The second kappa shape index (κ2) is 4.48. The van der Waals surface area contributed by atoms with Gasteiger partial charge in [0, 0.05) is 31.7 Å². The highest BCUT2D eigenvalue weighted by Gasteiger charge is 2.04. The highest BCUT2D eigenvalue weighted by atomic mass is 16.2. The maximum Gasteiger partial charge on any atom is 0.350 e. The van der Waals surface area contributed by atoms with Gasteiger partial charge in [-0.2, -0.15) is 0 Å². The van der Waals surface area contributed by atoms with Gasteiger partial charge in [-0.15, -0.1) is 5.10 Å². The van der Waals surface area contributed by atoms with Crippen LogP contribution in [0.1, 0.15) is 6.42 Å². The Labute approximate surface area is 103 Å². The van der Waals surface area contributed by atoms with E-state index in [-0.39, 0.29) is 5.69 Å². The molecule has 0 aliphatic carbocycles. The Balaban J connectivity index is 1.75. The molecule has 3 heterocycles. The van der Waals surface area contributed by atoms with Crippen LogP contribution in [0.5, 0.6) is 0 Å². The zero-order valence-electron chi connectivity index (χ0n) is 9.81. The summed E-state index contributed by atoms with van der Waals surface area (Å²) in [6.45, 7) is 1.44. The van der Waals surface area contributed by atoms with Crippen molar-refractivity contribution in [3.63, 3.8) is 0 Å². The summed E-state index contributed by atoms with van der Waals surface area (Å²) in [7, 11) is 0. The van der Waals surface area contributed by atoms with E-state index >= 15 is 0 Å². The molecule has 92 valence electrons. The molecule has 0 saturated heterocycles. The van der Waals surface area contributed by atoms with Crippen molar-refractivity contribution in [2.24, 2.45) is 0 Å². The van der Waals surface area contributed by atoms with Gasteiger partial charge in [0.25, 0.3) is 0 Å². The Hall–Kier alpha value is -2.37. The Morgan fingerprint density at radius 2 is 2.11 bits per heavy atom. The van der Waals surface area contributed by atoms with E-state index in [4.69, 9.17) is 0 Å². The van der Waals surface area contributed by atoms with Crippen LogP contribution in [-0.4, -0.2) is 23.7 Å². The first-order valence-corrected chi connectivity index (χ1v) is 5.84. The standard InChI is InChI=1S/C12H13N5O/c18-12-16-7-2-1-4-11(16)14-17(12)8-3-6-15-9-5-13-10-15/h1-2,4-5,7,9-10H,3,6,8H2. The van der Waals surface area contributed by atoms with Crippen molar-refractivity contribution >= 4 is 5.65 Å². The van der Waals surface area contributed by atoms with E-state index in [0.717, 1.165) is 13.0 Å². The van der Waals surface area contributed by atoms with Crippen LogP contribution in [0.4, 0.5) is 0 Å². The number of pyridine rings is 1. The van der Waals surface area contributed by atoms with Crippen LogP contribution in [0.15, 0.2) is 47.9 Å². The molecule has 3 rings (SSSR count). The lowest BCUT2D eigenvalue weighted by Crippen LogP contribution is -2.21. The quantitative estimate of drug-likeness (QED) is 0.680. The van der Waals surface area contributed by atoms with E-state index in [1.165, 1.54) is 4.68 Å². The second-order valence-electron chi connectivity index (χ2n) is 4.09. The van der Waals surface area contributed by atoms with Crippen LogP contribution < -0.4 is 5.69 Å². The summed E-state index contributed by atoms with van der Waals surface area (Å²) in [5.74, 6) is 0. The van der Waals surface area contributed by atoms with E-state index in [2.05, 4.69) is 10.1 Å². The first-order chi connectivity index (χ1) is 8.84. The predicted octanol–water partition coefficient (Wildman–Crippen LogP) is 0.783. The average Bonchev–Trinajstić information content (AvgIpc) is 3.00. The van der Waals surface area contributed by atoms with E-state index in [1.54, 1.807) is 23.1 Å². The number of aromatic nitrogens is 5. The predicted molar refractivity (Wildman–Crippen MR) is 66.3 cm³/mol. The molecule has 0 amide bonds. The summed E-state index contributed by atoms with van der Waals surface area (Å²) in [4.78, 5) is 15.9. The molecule has 0 atom stereocenters. The minimum absolute atomic E-state index is 0.0868. The molecule has 0 unspecified atom stereocenters. The van der Waals surface area contributed by atoms with Crippen LogP contribution in [0.2, 0.25) is 0 Å². The molecule has 6 heteroatoms. The Kier molecular flexibility index (Phi) is 2.68. The molecule has 18 heavy (non-hydrogen) atoms. The van der Waals surface area contributed by atoms with Crippen molar-refractivity contribution in [1.82, 2.24) is 23.7 Å². The molecule has 0 aliphatic heterocycles. The summed E-state index contributed by atoms with van der Waals surface area (Å²) < 4.78 is 5.05. The number of hydrogen-bond acceptors (Lipinski definition) is 3. The summed E-state index contributed by atoms with van der Waals surface area (Å²) in [6.07, 6.45) is 8.01. The number of aryl methyl sites for hydroxylation is 2. The van der Waals surface area contributed by atoms with Gasteiger partial charge in [-0.05, 0) is 18.6 Å². The fourth-order valence-corrected chi connectivity index (χ4v) is 1.94. The molecule has 0 radical (unpaired) electrons. The fourth-order valence-electron chi connectivity index (χ4n) is 1.94. The zero-order chi connectivity index (χ0) is 12.4. The van der Waals surface area contributed by atoms with E-state index in [1.807, 2.05) is 29.0 Å². The largest absolute Gasteiger partial charge is 0.350 e. The van der Waals surface area contributed by atoms with E-state index < -0.39 is 0 Å².